The summed E-state index contributed by atoms with van der Waals surface area (Å²) in [7, 11) is 0. The average molecular weight is 299 g/mol. The number of para-hydroxylation sites is 1. The van der Waals surface area contributed by atoms with Crippen LogP contribution in [0.4, 0.5) is 0 Å². The normalized spacial score (nSPS) is 10.5. The van der Waals surface area contributed by atoms with Crippen molar-refractivity contribution in [1.82, 2.24) is 24.9 Å². The molecule has 1 aromatic carbocycles. The second-order valence-electron chi connectivity index (χ2n) is 4.48. The predicted molar refractivity (Wildman–Crippen MR) is 77.4 cm³/mol. The number of benzene rings is 1. The van der Waals surface area contributed by atoms with E-state index in [2.05, 4.69) is 20.5 Å². The van der Waals surface area contributed by atoms with Gasteiger partial charge in [-0.2, -0.15) is 0 Å². The Hall–Kier alpha value is -3.16. The van der Waals surface area contributed by atoms with E-state index in [1.807, 2.05) is 18.2 Å². The molecule has 0 aliphatic heterocycles. The SMILES string of the molecule is O=C(COc1ccccc1)NCc1nnc2c(=O)[nH]ccn12. The van der Waals surface area contributed by atoms with Crippen molar-refractivity contribution in [3.8, 4) is 5.75 Å². The monoisotopic (exact) mass is 299 g/mol. The Kier molecular flexibility index (Phi) is 3.82. The molecule has 0 saturated carbocycles. The summed E-state index contributed by atoms with van der Waals surface area (Å²) in [6, 6.07) is 9.06. The fourth-order valence-corrected chi connectivity index (χ4v) is 1.90. The summed E-state index contributed by atoms with van der Waals surface area (Å²) in [6.45, 7) is 0.0585. The number of carbonyl (C=O) groups is 1. The molecule has 0 saturated heterocycles. The zero-order chi connectivity index (χ0) is 15.4. The van der Waals surface area contributed by atoms with Crippen molar-refractivity contribution < 1.29 is 9.53 Å². The third-order valence-electron chi connectivity index (χ3n) is 2.96. The first-order chi connectivity index (χ1) is 10.7. The number of nitrogens with zero attached hydrogens (tertiary/aromatic N) is 3. The zero-order valence-electron chi connectivity index (χ0n) is 11.5. The molecule has 112 valence electrons. The largest absolute Gasteiger partial charge is 0.484 e. The summed E-state index contributed by atoms with van der Waals surface area (Å²) in [5, 5.41) is 10.3. The second-order valence-corrected chi connectivity index (χ2v) is 4.48. The molecule has 2 aromatic heterocycles. The van der Waals surface area contributed by atoms with Crippen LogP contribution >= 0.6 is 0 Å². The summed E-state index contributed by atoms with van der Waals surface area (Å²) in [5.74, 6) is 0.803. The van der Waals surface area contributed by atoms with Crippen LogP contribution < -0.4 is 15.6 Å². The van der Waals surface area contributed by atoms with E-state index in [-0.39, 0.29) is 30.3 Å². The van der Waals surface area contributed by atoms with Gasteiger partial charge in [-0.15, -0.1) is 10.2 Å². The quantitative estimate of drug-likeness (QED) is 0.696. The van der Waals surface area contributed by atoms with E-state index in [9.17, 15) is 9.59 Å². The molecule has 0 bridgehead atoms. The number of nitrogens with one attached hydrogen (secondary N) is 2. The van der Waals surface area contributed by atoms with Gasteiger partial charge in [0.05, 0.1) is 6.54 Å². The number of aromatic amines is 1. The Balaban J connectivity index is 1.58. The molecule has 0 radical (unpaired) electrons. The molecule has 0 spiro atoms. The second kappa shape index (κ2) is 6.08. The van der Waals surface area contributed by atoms with E-state index >= 15 is 0 Å². The molecule has 2 N–H and O–H groups in total. The summed E-state index contributed by atoms with van der Waals surface area (Å²) in [5.41, 5.74) is -0.146. The molecule has 0 unspecified atom stereocenters. The highest BCUT2D eigenvalue weighted by molar-refractivity contribution is 5.77. The van der Waals surface area contributed by atoms with Crippen molar-refractivity contribution in [2.45, 2.75) is 6.54 Å². The van der Waals surface area contributed by atoms with Crippen LogP contribution in [0.25, 0.3) is 5.65 Å². The first-order valence-electron chi connectivity index (χ1n) is 6.60. The smallest absolute Gasteiger partial charge is 0.293 e. The molecule has 22 heavy (non-hydrogen) atoms. The molecule has 0 aliphatic carbocycles. The van der Waals surface area contributed by atoms with Gasteiger partial charge in [0.25, 0.3) is 11.5 Å². The van der Waals surface area contributed by atoms with Crippen molar-refractivity contribution >= 4 is 11.6 Å². The highest BCUT2D eigenvalue weighted by Gasteiger charge is 2.09. The van der Waals surface area contributed by atoms with Crippen LogP contribution in [0.3, 0.4) is 0 Å². The zero-order valence-corrected chi connectivity index (χ0v) is 11.5. The van der Waals surface area contributed by atoms with Gasteiger partial charge in [-0.3, -0.25) is 14.0 Å². The summed E-state index contributed by atoms with van der Waals surface area (Å²) >= 11 is 0. The van der Waals surface area contributed by atoms with E-state index in [0.29, 0.717) is 11.6 Å². The number of amides is 1. The molecular formula is C14H13N5O3. The summed E-state index contributed by atoms with van der Waals surface area (Å²) in [4.78, 5) is 25.8. The number of fused-ring (bicyclic) bond motifs is 1. The van der Waals surface area contributed by atoms with Crippen LogP contribution in [0.15, 0.2) is 47.5 Å². The maximum absolute atomic E-state index is 11.8. The Morgan fingerprint density at radius 2 is 2.09 bits per heavy atom. The van der Waals surface area contributed by atoms with Gasteiger partial charge in [0, 0.05) is 12.4 Å². The molecule has 0 atom stereocenters. The number of H-pyrrole nitrogens is 1. The van der Waals surface area contributed by atoms with Crippen LogP contribution in [-0.2, 0) is 11.3 Å². The fraction of sp³-hybridized carbons (Fsp3) is 0.143. The molecule has 0 fully saturated rings. The van der Waals surface area contributed by atoms with E-state index in [0.717, 1.165) is 0 Å². The summed E-state index contributed by atoms with van der Waals surface area (Å²) in [6.07, 6.45) is 3.11. The van der Waals surface area contributed by atoms with Gasteiger partial charge >= 0.3 is 0 Å². The van der Waals surface area contributed by atoms with Crippen LogP contribution in [0.1, 0.15) is 5.82 Å². The minimum absolute atomic E-state index is 0.0959. The molecule has 3 rings (SSSR count). The van der Waals surface area contributed by atoms with Crippen molar-refractivity contribution in [2.75, 3.05) is 6.61 Å². The van der Waals surface area contributed by atoms with E-state index in [4.69, 9.17) is 4.74 Å². The average Bonchev–Trinajstić information content (AvgIpc) is 2.96. The minimum atomic E-state index is -0.333. The third-order valence-corrected chi connectivity index (χ3v) is 2.96. The van der Waals surface area contributed by atoms with Crippen LogP contribution in [0, 0.1) is 0 Å². The summed E-state index contributed by atoms with van der Waals surface area (Å²) < 4.78 is 6.86. The van der Waals surface area contributed by atoms with Crippen molar-refractivity contribution in [3.63, 3.8) is 0 Å². The lowest BCUT2D eigenvalue weighted by atomic mass is 10.3. The first kappa shape index (κ1) is 13.8. The highest BCUT2D eigenvalue weighted by atomic mass is 16.5. The van der Waals surface area contributed by atoms with Gasteiger partial charge in [-0.05, 0) is 12.1 Å². The molecule has 0 aliphatic rings. The molecule has 2 heterocycles. The fourth-order valence-electron chi connectivity index (χ4n) is 1.90. The lowest BCUT2D eigenvalue weighted by Gasteiger charge is -2.06. The number of ether oxygens (including phenoxy) is 1. The molecule has 8 heteroatoms. The molecule has 1 amide bonds. The van der Waals surface area contributed by atoms with E-state index in [1.165, 1.54) is 10.6 Å². The van der Waals surface area contributed by atoms with Crippen LogP contribution in [0.5, 0.6) is 5.75 Å². The maximum Gasteiger partial charge on any atom is 0.293 e. The molecule has 3 aromatic rings. The Bertz CT molecular complexity index is 840. The van der Waals surface area contributed by atoms with Gasteiger partial charge in [0.2, 0.25) is 5.65 Å². The maximum atomic E-state index is 11.8. The van der Waals surface area contributed by atoms with Gasteiger partial charge in [0.15, 0.2) is 12.4 Å². The Labute approximate surface area is 124 Å². The van der Waals surface area contributed by atoms with Crippen molar-refractivity contribution in [2.24, 2.45) is 0 Å². The Morgan fingerprint density at radius 1 is 1.27 bits per heavy atom. The van der Waals surface area contributed by atoms with Gasteiger partial charge in [-0.25, -0.2) is 0 Å². The van der Waals surface area contributed by atoms with Crippen molar-refractivity contribution in [1.29, 1.82) is 0 Å². The highest BCUT2D eigenvalue weighted by Crippen LogP contribution is 2.07. The third kappa shape index (κ3) is 2.95. The van der Waals surface area contributed by atoms with E-state index in [1.54, 1.807) is 18.3 Å². The number of carbonyl (C=O) groups excluding carboxylic acids is 1. The Morgan fingerprint density at radius 3 is 2.91 bits per heavy atom. The van der Waals surface area contributed by atoms with Gasteiger partial charge < -0.3 is 15.0 Å². The van der Waals surface area contributed by atoms with Crippen LogP contribution in [0.2, 0.25) is 0 Å². The first-order valence-corrected chi connectivity index (χ1v) is 6.60. The standard InChI is InChI=1S/C14H13N5O3/c20-12(9-22-10-4-2-1-3-5-10)16-8-11-17-18-13-14(21)15-6-7-19(11)13/h1-7H,8-9H2,(H,15,21)(H,16,20). The number of hydrogen-bond donors (Lipinski definition) is 2. The lowest BCUT2D eigenvalue weighted by molar-refractivity contribution is -0.123. The van der Waals surface area contributed by atoms with E-state index < -0.39 is 0 Å². The minimum Gasteiger partial charge on any atom is -0.484 e. The molecular weight excluding hydrogens is 286 g/mol. The predicted octanol–water partition coefficient (Wildman–Crippen LogP) is 0.113. The van der Waals surface area contributed by atoms with Gasteiger partial charge in [-0.1, -0.05) is 18.2 Å². The number of hydrogen-bond acceptors (Lipinski definition) is 5. The van der Waals surface area contributed by atoms with Gasteiger partial charge in [0.1, 0.15) is 5.75 Å². The van der Waals surface area contributed by atoms with Crippen molar-refractivity contribution in [3.05, 3.63) is 58.9 Å². The topological polar surface area (TPSA) is 101 Å². The molecule has 8 nitrogen and oxygen atoms in total. The number of rotatable bonds is 5. The van der Waals surface area contributed by atoms with Crippen LogP contribution in [-0.4, -0.2) is 32.1 Å². The lowest BCUT2D eigenvalue weighted by Crippen LogP contribution is -2.29. The number of aromatic nitrogens is 4.